The van der Waals surface area contributed by atoms with E-state index >= 15 is 0 Å². The lowest BCUT2D eigenvalue weighted by Gasteiger charge is -2.18. The number of hydrazine groups is 1. The fourth-order valence-electron chi connectivity index (χ4n) is 1.78. The van der Waals surface area contributed by atoms with Gasteiger partial charge in [0, 0.05) is 9.35 Å². The number of hydrogen-bond donors (Lipinski definition) is 2. The fourth-order valence-corrected chi connectivity index (χ4v) is 3.46. The van der Waals surface area contributed by atoms with Crippen LogP contribution in [0.5, 0.6) is 0 Å². The van der Waals surface area contributed by atoms with Crippen LogP contribution in [0.15, 0.2) is 34.1 Å². The van der Waals surface area contributed by atoms with Crippen molar-refractivity contribution in [1.82, 2.24) is 5.43 Å². The third-order valence-corrected chi connectivity index (χ3v) is 4.55. The van der Waals surface area contributed by atoms with Gasteiger partial charge in [-0.3, -0.25) is 5.84 Å². The molecule has 0 aliphatic carbocycles. The maximum absolute atomic E-state index is 13.1. The quantitative estimate of drug-likeness (QED) is 0.672. The minimum Gasteiger partial charge on any atom is -0.271 e. The van der Waals surface area contributed by atoms with Crippen molar-refractivity contribution in [2.45, 2.75) is 13.0 Å². The van der Waals surface area contributed by atoms with Crippen molar-refractivity contribution >= 4 is 27.3 Å². The second kappa shape index (κ2) is 5.27. The van der Waals surface area contributed by atoms with Crippen LogP contribution in [-0.4, -0.2) is 0 Å². The zero-order valence-electron chi connectivity index (χ0n) is 9.21. The first kappa shape index (κ1) is 12.7. The van der Waals surface area contributed by atoms with Gasteiger partial charge in [0.05, 0.1) is 6.04 Å². The topological polar surface area (TPSA) is 38.0 Å². The Morgan fingerprint density at radius 3 is 2.71 bits per heavy atom. The number of aryl methyl sites for hydroxylation is 1. The molecule has 1 heterocycles. The Kier molecular flexibility index (Phi) is 3.93. The summed E-state index contributed by atoms with van der Waals surface area (Å²) in [6, 6.07) is 6.59. The van der Waals surface area contributed by atoms with Crippen molar-refractivity contribution in [2.75, 3.05) is 0 Å². The average Bonchev–Trinajstić information content (AvgIpc) is 2.69. The molecule has 1 aromatic heterocycles. The van der Waals surface area contributed by atoms with Gasteiger partial charge in [0.15, 0.2) is 0 Å². The molecule has 0 aliphatic heterocycles. The number of benzene rings is 1. The highest BCUT2D eigenvalue weighted by Gasteiger charge is 2.18. The summed E-state index contributed by atoms with van der Waals surface area (Å²) in [6.07, 6.45) is 0. The van der Waals surface area contributed by atoms with E-state index in [-0.39, 0.29) is 11.9 Å². The second-order valence-corrected chi connectivity index (χ2v) is 5.54. The van der Waals surface area contributed by atoms with Crippen LogP contribution >= 0.6 is 27.3 Å². The van der Waals surface area contributed by atoms with Crippen molar-refractivity contribution in [3.8, 4) is 0 Å². The minimum absolute atomic E-state index is 0.120. The fraction of sp³-hybridized carbons (Fsp3) is 0.167. The predicted molar refractivity (Wildman–Crippen MR) is 72.3 cm³/mol. The zero-order chi connectivity index (χ0) is 12.4. The maximum atomic E-state index is 13.1. The molecule has 1 aromatic carbocycles. The van der Waals surface area contributed by atoms with Crippen molar-refractivity contribution in [3.63, 3.8) is 0 Å². The summed E-state index contributed by atoms with van der Waals surface area (Å²) in [5, 5.41) is 1.99. The van der Waals surface area contributed by atoms with Gasteiger partial charge in [0.1, 0.15) is 5.82 Å². The molecule has 90 valence electrons. The molecule has 0 radical (unpaired) electrons. The Morgan fingerprint density at radius 2 is 2.18 bits per heavy atom. The van der Waals surface area contributed by atoms with Crippen LogP contribution in [0, 0.1) is 12.7 Å². The summed E-state index contributed by atoms with van der Waals surface area (Å²) in [5.74, 6) is 5.38. The number of thiophene rings is 1. The van der Waals surface area contributed by atoms with Crippen LogP contribution in [0.3, 0.4) is 0 Å². The summed E-state index contributed by atoms with van der Waals surface area (Å²) in [4.78, 5) is 1.09. The van der Waals surface area contributed by atoms with E-state index in [1.807, 2.05) is 18.4 Å². The highest BCUT2D eigenvalue weighted by atomic mass is 79.9. The first-order valence-electron chi connectivity index (χ1n) is 5.08. The largest absolute Gasteiger partial charge is 0.271 e. The van der Waals surface area contributed by atoms with Crippen LogP contribution < -0.4 is 11.3 Å². The predicted octanol–water partition coefficient (Wildman–Crippen LogP) is 3.51. The number of nitrogens with one attached hydrogen (secondary N) is 1. The molecule has 17 heavy (non-hydrogen) atoms. The van der Waals surface area contributed by atoms with E-state index in [1.165, 1.54) is 12.1 Å². The molecular weight excluding hydrogens is 303 g/mol. The average molecular weight is 315 g/mol. The monoisotopic (exact) mass is 314 g/mol. The van der Waals surface area contributed by atoms with E-state index in [1.54, 1.807) is 17.4 Å². The summed E-state index contributed by atoms with van der Waals surface area (Å²) in [7, 11) is 0. The Morgan fingerprint density at radius 1 is 1.41 bits per heavy atom. The minimum atomic E-state index is -0.229. The lowest BCUT2D eigenvalue weighted by molar-refractivity contribution is 0.614. The third-order valence-electron chi connectivity index (χ3n) is 2.62. The lowest BCUT2D eigenvalue weighted by Crippen LogP contribution is -2.29. The van der Waals surface area contributed by atoms with E-state index in [2.05, 4.69) is 21.4 Å². The number of nitrogens with two attached hydrogens (primary N) is 1. The van der Waals surface area contributed by atoms with E-state index < -0.39 is 0 Å². The Labute approximate surface area is 112 Å². The Hall–Kier alpha value is -0.750. The number of hydrogen-bond acceptors (Lipinski definition) is 3. The van der Waals surface area contributed by atoms with Gasteiger partial charge in [-0.05, 0) is 57.6 Å². The van der Waals surface area contributed by atoms with Crippen LogP contribution in [-0.2, 0) is 0 Å². The molecule has 0 aliphatic rings. The number of rotatable bonds is 3. The van der Waals surface area contributed by atoms with E-state index in [0.717, 1.165) is 20.5 Å². The molecule has 0 spiro atoms. The zero-order valence-corrected chi connectivity index (χ0v) is 11.6. The Bertz CT molecular complexity index is 527. The first-order valence-corrected chi connectivity index (χ1v) is 6.76. The molecule has 0 amide bonds. The van der Waals surface area contributed by atoms with Crippen molar-refractivity contribution in [3.05, 3.63) is 55.9 Å². The first-order chi connectivity index (χ1) is 8.13. The van der Waals surface area contributed by atoms with Crippen LogP contribution in [0.1, 0.15) is 22.0 Å². The van der Waals surface area contributed by atoms with Gasteiger partial charge in [0.2, 0.25) is 0 Å². The highest BCUT2D eigenvalue weighted by Crippen LogP contribution is 2.33. The van der Waals surface area contributed by atoms with E-state index in [9.17, 15) is 4.39 Å². The van der Waals surface area contributed by atoms with Gasteiger partial charge in [-0.25, -0.2) is 9.82 Å². The highest BCUT2D eigenvalue weighted by molar-refractivity contribution is 9.10. The molecule has 0 saturated heterocycles. The van der Waals surface area contributed by atoms with Crippen LogP contribution in [0.2, 0.25) is 0 Å². The van der Waals surface area contributed by atoms with Gasteiger partial charge in [0.25, 0.3) is 0 Å². The second-order valence-electron chi connectivity index (χ2n) is 3.73. The van der Waals surface area contributed by atoms with Gasteiger partial charge >= 0.3 is 0 Å². The maximum Gasteiger partial charge on any atom is 0.123 e. The van der Waals surface area contributed by atoms with Gasteiger partial charge in [-0.1, -0.05) is 6.07 Å². The summed E-state index contributed by atoms with van der Waals surface area (Å²) < 4.78 is 14.1. The molecule has 0 saturated carbocycles. The smallest absolute Gasteiger partial charge is 0.123 e. The van der Waals surface area contributed by atoms with Crippen molar-refractivity contribution < 1.29 is 4.39 Å². The van der Waals surface area contributed by atoms with E-state index in [0.29, 0.717) is 0 Å². The molecule has 1 unspecified atom stereocenters. The summed E-state index contributed by atoms with van der Waals surface area (Å²) >= 11 is 5.09. The normalized spacial score (nSPS) is 12.7. The molecule has 2 rings (SSSR count). The van der Waals surface area contributed by atoms with Crippen LogP contribution in [0.25, 0.3) is 0 Å². The standard InChI is InChI=1S/C12H12BrFN2S/c1-7-6-8(14)2-3-9(7)11(16-15)12-10(13)4-5-17-12/h2-6,11,16H,15H2,1H3. The molecule has 0 fully saturated rings. The molecule has 2 nitrogen and oxygen atoms in total. The number of halogens is 2. The molecule has 1 atom stereocenters. The molecule has 3 N–H and O–H groups in total. The van der Waals surface area contributed by atoms with Crippen LogP contribution in [0.4, 0.5) is 4.39 Å². The van der Waals surface area contributed by atoms with Crippen molar-refractivity contribution in [1.29, 1.82) is 0 Å². The molecule has 2 aromatic rings. The summed E-state index contributed by atoms with van der Waals surface area (Å²) in [6.45, 7) is 1.88. The lowest BCUT2D eigenvalue weighted by atomic mass is 10.0. The molecule has 5 heteroatoms. The third kappa shape index (κ3) is 2.57. The van der Waals surface area contributed by atoms with Gasteiger partial charge in [-0.15, -0.1) is 11.3 Å². The Balaban J connectivity index is 2.46. The summed E-state index contributed by atoms with van der Waals surface area (Å²) in [5.41, 5.74) is 4.65. The molecular formula is C12H12BrFN2S. The van der Waals surface area contributed by atoms with Gasteiger partial charge in [-0.2, -0.15) is 0 Å². The molecule has 0 bridgehead atoms. The van der Waals surface area contributed by atoms with Gasteiger partial charge < -0.3 is 0 Å². The van der Waals surface area contributed by atoms with E-state index in [4.69, 9.17) is 5.84 Å². The SMILES string of the molecule is Cc1cc(F)ccc1C(NN)c1sccc1Br. The van der Waals surface area contributed by atoms with Crippen molar-refractivity contribution in [2.24, 2.45) is 5.84 Å².